The Morgan fingerprint density at radius 2 is 1.70 bits per heavy atom. The standard InChI is InChI=1S/C32H34F3N7O2.C6H6O3S/c1-21-29(28-15-17-37-41(28)27-14-13-25(36-2)19-22(27)16-18-42(3,4)5)40(30(43)38-24-10-6-7-11-24)31(44)39(21)26-12-8-9-23(20-26)32(33,34)35;7-10(8,9)6-4-2-1-3-5-6/h8-9,12-15,17,19-20,24H,6-7,10-11,16,18H2,1,3-5H3;1-5H,(H,7,8,9). The Balaban J connectivity index is 0.000000486. The second-order valence-electron chi connectivity index (χ2n) is 14.0. The molecule has 1 aliphatic carbocycles. The Kier molecular flexibility index (Phi) is 11.7. The van der Waals surface area contributed by atoms with Crippen LogP contribution in [0.3, 0.4) is 0 Å². The second-order valence-corrected chi connectivity index (χ2v) is 15.3. The summed E-state index contributed by atoms with van der Waals surface area (Å²) in [6.45, 7) is 9.89. The number of hydrogen-bond acceptors (Lipinski definition) is 6. The van der Waals surface area contributed by atoms with Gasteiger partial charge < -0.3 is 14.4 Å². The number of imidazole rings is 1. The number of carbonyl (C=O) groups is 1. The second kappa shape index (κ2) is 15.8. The first kappa shape index (κ1) is 39.7. The zero-order chi connectivity index (χ0) is 39.4. The lowest BCUT2D eigenvalue weighted by Gasteiger charge is -2.24. The van der Waals surface area contributed by atoms with Gasteiger partial charge in [0, 0.05) is 12.5 Å². The highest BCUT2D eigenvalue weighted by Gasteiger charge is 2.32. The highest BCUT2D eigenvalue weighted by molar-refractivity contribution is 7.85. The number of benzene rings is 3. The smallest absolute Gasteiger partial charge is 0.416 e. The number of hydrogen-bond donors (Lipinski definition) is 1. The van der Waals surface area contributed by atoms with Crippen molar-refractivity contribution < 1.29 is 35.4 Å². The predicted octanol–water partition coefficient (Wildman–Crippen LogP) is 6.71. The molecule has 54 heavy (non-hydrogen) atoms. The van der Waals surface area contributed by atoms with Gasteiger partial charge in [0.15, 0.2) is 5.69 Å². The summed E-state index contributed by atoms with van der Waals surface area (Å²) in [7, 11) is 1.95. The molecule has 0 spiro atoms. The van der Waals surface area contributed by atoms with Crippen LogP contribution in [0.5, 0.6) is 0 Å². The number of quaternary nitrogens is 1. The third-order valence-corrected chi connectivity index (χ3v) is 9.84. The summed E-state index contributed by atoms with van der Waals surface area (Å²) in [6, 6.07) is 17.9. The van der Waals surface area contributed by atoms with E-state index in [9.17, 15) is 35.7 Å². The minimum atomic E-state index is -4.61. The Labute approximate surface area is 311 Å². The van der Waals surface area contributed by atoms with Gasteiger partial charge in [-0.15, -0.1) is 0 Å². The quantitative estimate of drug-likeness (QED) is 0.106. The summed E-state index contributed by atoms with van der Waals surface area (Å²) in [6.07, 6.45) is 1.04. The van der Waals surface area contributed by atoms with Crippen LogP contribution in [0.15, 0.2) is 94.7 Å². The van der Waals surface area contributed by atoms with Gasteiger partial charge in [0.2, 0.25) is 0 Å². The third kappa shape index (κ3) is 9.16. The molecule has 1 aliphatic rings. The van der Waals surface area contributed by atoms with E-state index in [4.69, 9.17) is 6.57 Å². The normalized spacial score (nSPS) is 13.6. The van der Waals surface area contributed by atoms with Gasteiger partial charge in [0.25, 0.3) is 0 Å². The SMILES string of the molecule is O=S(=O)([O-])c1ccccc1.[C-]#[N+]c1ccc(-n2nccc2-c2c(C)n(-c3cccc(C(F)(F)F)c3)c(=O)n2C(=O)NC2CCCC2)c(CC[N+](C)(C)C)c1. The summed E-state index contributed by atoms with van der Waals surface area (Å²) in [5.41, 5.74) is 1.21. The van der Waals surface area contributed by atoms with Crippen molar-refractivity contribution in [3.05, 3.63) is 124 Å². The molecule has 1 saturated carbocycles. The monoisotopic (exact) mass is 763 g/mol. The number of nitrogens with zero attached hydrogens (tertiary/aromatic N) is 6. The molecule has 2 aromatic heterocycles. The number of amides is 1. The van der Waals surface area contributed by atoms with Crippen molar-refractivity contribution >= 4 is 21.8 Å². The molecular weight excluding hydrogens is 724 g/mol. The molecule has 1 amide bonds. The van der Waals surface area contributed by atoms with Gasteiger partial charge in [-0.05, 0) is 67.8 Å². The van der Waals surface area contributed by atoms with Crippen molar-refractivity contribution in [2.75, 3.05) is 27.7 Å². The molecule has 0 bridgehead atoms. The molecule has 2 heterocycles. The number of carbonyl (C=O) groups excluding carboxylic acids is 1. The van der Waals surface area contributed by atoms with Crippen molar-refractivity contribution in [1.82, 2.24) is 24.2 Å². The molecule has 5 aromatic rings. The van der Waals surface area contributed by atoms with Crippen molar-refractivity contribution in [2.24, 2.45) is 0 Å². The molecule has 6 rings (SSSR count). The van der Waals surface area contributed by atoms with E-state index in [2.05, 4.69) is 36.4 Å². The van der Waals surface area contributed by atoms with Crippen LogP contribution in [0, 0.1) is 13.5 Å². The third-order valence-electron chi connectivity index (χ3n) is 8.99. The van der Waals surface area contributed by atoms with E-state index in [0.717, 1.165) is 59.1 Å². The average molecular weight is 764 g/mol. The van der Waals surface area contributed by atoms with Gasteiger partial charge in [-0.25, -0.2) is 32.1 Å². The van der Waals surface area contributed by atoms with E-state index in [1.165, 1.54) is 36.4 Å². The summed E-state index contributed by atoms with van der Waals surface area (Å²) in [5, 5.41) is 7.51. The number of alkyl halides is 3. The molecule has 12 nitrogen and oxygen atoms in total. The maximum absolute atomic E-state index is 14.0. The molecule has 16 heteroatoms. The van der Waals surface area contributed by atoms with Gasteiger partial charge in [-0.3, -0.25) is 4.57 Å². The lowest BCUT2D eigenvalue weighted by Crippen LogP contribution is -2.41. The first-order chi connectivity index (χ1) is 25.4. The number of halogens is 3. The van der Waals surface area contributed by atoms with Gasteiger partial charge in [-0.2, -0.15) is 18.3 Å². The molecule has 0 aliphatic heterocycles. The van der Waals surface area contributed by atoms with Gasteiger partial charge in [0.05, 0.1) is 73.7 Å². The van der Waals surface area contributed by atoms with E-state index < -0.39 is 33.6 Å². The Bertz CT molecular complexity index is 2350. The minimum absolute atomic E-state index is 0.00731. The lowest BCUT2D eigenvalue weighted by atomic mass is 10.1. The van der Waals surface area contributed by atoms with Gasteiger partial charge in [0.1, 0.15) is 15.8 Å². The van der Waals surface area contributed by atoms with Gasteiger partial charge in [-0.1, -0.05) is 49.2 Å². The van der Waals surface area contributed by atoms with Gasteiger partial charge >= 0.3 is 17.9 Å². The number of nitrogens with one attached hydrogen (secondary N) is 1. The van der Waals surface area contributed by atoms with Crippen LogP contribution in [-0.4, -0.2) is 76.1 Å². The zero-order valence-electron chi connectivity index (χ0n) is 30.2. The van der Waals surface area contributed by atoms with Crippen molar-refractivity contribution in [1.29, 1.82) is 0 Å². The fraction of sp³-hybridized carbons (Fsp3) is 0.316. The van der Waals surface area contributed by atoms with Crippen LogP contribution in [0.2, 0.25) is 0 Å². The van der Waals surface area contributed by atoms with Crippen LogP contribution in [0.25, 0.3) is 27.6 Å². The molecule has 3 aromatic carbocycles. The Morgan fingerprint density at radius 3 is 2.30 bits per heavy atom. The highest BCUT2D eigenvalue weighted by atomic mass is 32.2. The van der Waals surface area contributed by atoms with Crippen molar-refractivity contribution in [2.45, 2.75) is 56.1 Å². The number of aromatic nitrogens is 4. The summed E-state index contributed by atoms with van der Waals surface area (Å²) in [5.74, 6) is 0. The first-order valence-corrected chi connectivity index (χ1v) is 18.5. The topological polar surface area (TPSA) is 135 Å². The lowest BCUT2D eigenvalue weighted by molar-refractivity contribution is -0.870. The summed E-state index contributed by atoms with van der Waals surface area (Å²) < 4.78 is 76.2. The summed E-state index contributed by atoms with van der Waals surface area (Å²) >= 11 is 0. The van der Waals surface area contributed by atoms with Crippen LogP contribution >= 0.6 is 0 Å². The first-order valence-electron chi connectivity index (χ1n) is 17.1. The molecule has 284 valence electrons. The minimum Gasteiger partial charge on any atom is -0.744 e. The van der Waals surface area contributed by atoms with Crippen molar-refractivity contribution in [3.63, 3.8) is 0 Å². The maximum atomic E-state index is 14.0. The van der Waals surface area contributed by atoms with E-state index in [-0.39, 0.29) is 28.0 Å². The molecule has 0 saturated heterocycles. The van der Waals surface area contributed by atoms with E-state index in [1.54, 1.807) is 42.1 Å². The van der Waals surface area contributed by atoms with Crippen LogP contribution in [0.4, 0.5) is 23.7 Å². The Hall–Kier alpha value is -5.50. The number of rotatable bonds is 8. The fourth-order valence-corrected chi connectivity index (χ4v) is 6.79. The zero-order valence-corrected chi connectivity index (χ0v) is 31.0. The predicted molar refractivity (Wildman–Crippen MR) is 196 cm³/mol. The van der Waals surface area contributed by atoms with E-state index in [0.29, 0.717) is 28.0 Å². The van der Waals surface area contributed by atoms with Crippen molar-refractivity contribution in [3.8, 4) is 22.8 Å². The molecule has 0 radical (unpaired) electrons. The molecule has 0 unspecified atom stereocenters. The molecule has 0 atom stereocenters. The fourth-order valence-electron chi connectivity index (χ4n) is 6.30. The van der Waals surface area contributed by atoms with Crippen LogP contribution in [-0.2, 0) is 22.7 Å². The van der Waals surface area contributed by atoms with E-state index >= 15 is 0 Å². The van der Waals surface area contributed by atoms with Crippen LogP contribution < -0.4 is 11.0 Å². The number of likely N-dealkylation sites (N-methyl/N-ethyl adjacent to an activating group) is 1. The molecule has 1 N–H and O–H groups in total. The maximum Gasteiger partial charge on any atom is 0.416 e. The molecule has 1 fully saturated rings. The summed E-state index contributed by atoms with van der Waals surface area (Å²) in [4.78, 5) is 31.2. The van der Waals surface area contributed by atoms with E-state index in [1.807, 2.05) is 6.07 Å². The average Bonchev–Trinajstić information content (AvgIpc) is 3.86. The van der Waals surface area contributed by atoms with Crippen LogP contribution in [0.1, 0.15) is 42.5 Å². The highest BCUT2D eigenvalue weighted by Crippen LogP contribution is 2.33. The largest absolute Gasteiger partial charge is 0.744 e. The Morgan fingerprint density at radius 1 is 1.02 bits per heavy atom. The molecular formula is C38H40F3N7O5S.